The molecule has 0 saturated carbocycles. The molecular weight excluding hydrogens is 160 g/mol. The molecule has 2 N–H and O–H groups in total. The summed E-state index contributed by atoms with van der Waals surface area (Å²) in [4.78, 5) is 4.29. The lowest BCUT2D eigenvalue weighted by Gasteiger charge is -2.25. The monoisotopic (exact) mass is 178 g/mol. The van der Waals surface area contributed by atoms with Gasteiger partial charge in [0, 0.05) is 11.9 Å². The van der Waals surface area contributed by atoms with E-state index >= 15 is 0 Å². The second-order valence-corrected chi connectivity index (χ2v) is 4.06. The van der Waals surface area contributed by atoms with Crippen molar-refractivity contribution in [1.29, 1.82) is 0 Å². The number of nitrogens with two attached hydrogens (primary N) is 1. The maximum absolute atomic E-state index is 5.58. The summed E-state index contributed by atoms with van der Waals surface area (Å²) in [6, 6.07) is 4.12. The van der Waals surface area contributed by atoms with Crippen molar-refractivity contribution in [3.05, 3.63) is 29.6 Å². The van der Waals surface area contributed by atoms with E-state index in [4.69, 9.17) is 5.73 Å². The van der Waals surface area contributed by atoms with E-state index < -0.39 is 0 Å². The van der Waals surface area contributed by atoms with Gasteiger partial charge in [0.2, 0.25) is 0 Å². The molecule has 0 fully saturated rings. The van der Waals surface area contributed by atoms with Crippen LogP contribution in [-0.2, 0) is 5.41 Å². The fourth-order valence-corrected chi connectivity index (χ4v) is 1.70. The first-order valence-corrected chi connectivity index (χ1v) is 4.70. The smallest absolute Gasteiger partial charge is 0.0410 e. The largest absolute Gasteiger partial charge is 0.330 e. The number of nitrogens with zero attached hydrogens (tertiary/aromatic N) is 1. The van der Waals surface area contributed by atoms with Crippen molar-refractivity contribution in [2.75, 3.05) is 6.54 Å². The van der Waals surface area contributed by atoms with Crippen molar-refractivity contribution < 1.29 is 0 Å². The Morgan fingerprint density at radius 2 is 2.15 bits per heavy atom. The highest BCUT2D eigenvalue weighted by Crippen LogP contribution is 2.27. The first kappa shape index (κ1) is 10.2. The van der Waals surface area contributed by atoms with Crippen molar-refractivity contribution in [2.45, 2.75) is 32.6 Å². The Morgan fingerprint density at radius 1 is 1.46 bits per heavy atom. The molecule has 1 aromatic heterocycles. The number of hydrogen-bond acceptors (Lipinski definition) is 2. The number of hydrogen-bond donors (Lipinski definition) is 1. The summed E-state index contributed by atoms with van der Waals surface area (Å²) < 4.78 is 0. The van der Waals surface area contributed by atoms with Gasteiger partial charge in [0.15, 0.2) is 0 Å². The third-order valence-corrected chi connectivity index (χ3v) is 2.51. The Labute approximate surface area is 80.2 Å². The van der Waals surface area contributed by atoms with Crippen molar-refractivity contribution in [1.82, 2.24) is 4.98 Å². The molecule has 0 amide bonds. The zero-order chi connectivity index (χ0) is 9.90. The molecule has 0 saturated heterocycles. The lowest BCUT2D eigenvalue weighted by Crippen LogP contribution is -2.23. The fourth-order valence-electron chi connectivity index (χ4n) is 1.70. The Bertz CT molecular complexity index is 279. The van der Waals surface area contributed by atoms with Crippen LogP contribution in [0.4, 0.5) is 0 Å². The quantitative estimate of drug-likeness (QED) is 0.769. The fraction of sp³-hybridized carbons (Fsp3) is 0.545. The van der Waals surface area contributed by atoms with Gasteiger partial charge in [0.1, 0.15) is 0 Å². The first-order valence-electron chi connectivity index (χ1n) is 4.70. The Kier molecular flexibility index (Phi) is 3.04. The van der Waals surface area contributed by atoms with E-state index in [9.17, 15) is 0 Å². The standard InChI is InChI=1S/C11H18N2/c1-9-10(5-4-8-13-9)11(2,3)6-7-12/h4-5,8H,6-7,12H2,1-3H3. The molecule has 2 heteroatoms. The SMILES string of the molecule is Cc1ncccc1C(C)(C)CCN. The number of rotatable bonds is 3. The van der Waals surface area contributed by atoms with Crippen LogP contribution in [0.2, 0.25) is 0 Å². The van der Waals surface area contributed by atoms with Gasteiger partial charge in [-0.15, -0.1) is 0 Å². The predicted octanol–water partition coefficient (Wildman–Crippen LogP) is 2.02. The zero-order valence-electron chi connectivity index (χ0n) is 8.67. The van der Waals surface area contributed by atoms with E-state index in [1.807, 2.05) is 19.2 Å². The molecule has 0 aliphatic rings. The maximum Gasteiger partial charge on any atom is 0.0410 e. The van der Waals surface area contributed by atoms with Crippen LogP contribution in [0.15, 0.2) is 18.3 Å². The van der Waals surface area contributed by atoms with E-state index in [-0.39, 0.29) is 5.41 Å². The molecule has 0 aliphatic carbocycles. The van der Waals surface area contributed by atoms with Crippen LogP contribution in [0, 0.1) is 6.92 Å². The third-order valence-electron chi connectivity index (χ3n) is 2.51. The lowest BCUT2D eigenvalue weighted by molar-refractivity contribution is 0.483. The molecule has 0 unspecified atom stereocenters. The van der Waals surface area contributed by atoms with Crippen molar-refractivity contribution in [2.24, 2.45) is 5.73 Å². The van der Waals surface area contributed by atoms with Crippen LogP contribution in [0.1, 0.15) is 31.5 Å². The molecule has 0 radical (unpaired) electrons. The summed E-state index contributed by atoms with van der Waals surface area (Å²) in [7, 11) is 0. The summed E-state index contributed by atoms with van der Waals surface area (Å²) in [6.45, 7) is 7.20. The van der Waals surface area contributed by atoms with E-state index in [0.29, 0.717) is 0 Å². The molecule has 0 aliphatic heterocycles. The van der Waals surface area contributed by atoms with Gasteiger partial charge in [-0.1, -0.05) is 19.9 Å². The minimum atomic E-state index is 0.146. The number of aryl methyl sites for hydroxylation is 1. The number of aromatic nitrogens is 1. The van der Waals surface area contributed by atoms with Crippen LogP contribution in [0.3, 0.4) is 0 Å². The molecule has 0 bridgehead atoms. The van der Waals surface area contributed by atoms with Gasteiger partial charge in [-0.05, 0) is 36.9 Å². The molecule has 1 heterocycles. The normalized spacial score (nSPS) is 11.7. The van der Waals surface area contributed by atoms with E-state index in [2.05, 4.69) is 24.9 Å². The highest BCUT2D eigenvalue weighted by atomic mass is 14.7. The number of pyridine rings is 1. The Balaban J connectivity index is 2.99. The minimum absolute atomic E-state index is 0.146. The molecule has 72 valence electrons. The van der Waals surface area contributed by atoms with Gasteiger partial charge in [0.05, 0.1) is 0 Å². The summed E-state index contributed by atoms with van der Waals surface area (Å²) >= 11 is 0. The zero-order valence-corrected chi connectivity index (χ0v) is 8.67. The van der Waals surface area contributed by atoms with Crippen LogP contribution in [-0.4, -0.2) is 11.5 Å². The highest BCUT2D eigenvalue weighted by Gasteiger charge is 2.21. The molecule has 0 spiro atoms. The first-order chi connectivity index (χ1) is 6.08. The van der Waals surface area contributed by atoms with Gasteiger partial charge < -0.3 is 5.73 Å². The van der Waals surface area contributed by atoms with Gasteiger partial charge in [-0.3, -0.25) is 4.98 Å². The molecule has 0 atom stereocenters. The highest BCUT2D eigenvalue weighted by molar-refractivity contribution is 5.26. The predicted molar refractivity (Wildman–Crippen MR) is 55.7 cm³/mol. The lowest BCUT2D eigenvalue weighted by atomic mass is 9.81. The maximum atomic E-state index is 5.58. The minimum Gasteiger partial charge on any atom is -0.330 e. The average molecular weight is 178 g/mol. The molecule has 2 nitrogen and oxygen atoms in total. The average Bonchev–Trinajstić information content (AvgIpc) is 2.04. The van der Waals surface area contributed by atoms with Gasteiger partial charge >= 0.3 is 0 Å². The van der Waals surface area contributed by atoms with Crippen LogP contribution in [0.25, 0.3) is 0 Å². The molecular formula is C11H18N2. The van der Waals surface area contributed by atoms with Crippen LogP contribution in [0.5, 0.6) is 0 Å². The second-order valence-electron chi connectivity index (χ2n) is 4.06. The van der Waals surface area contributed by atoms with Gasteiger partial charge in [-0.2, -0.15) is 0 Å². The van der Waals surface area contributed by atoms with Gasteiger partial charge in [-0.25, -0.2) is 0 Å². The Hall–Kier alpha value is -0.890. The van der Waals surface area contributed by atoms with Crippen molar-refractivity contribution >= 4 is 0 Å². The van der Waals surface area contributed by atoms with Gasteiger partial charge in [0.25, 0.3) is 0 Å². The molecule has 1 rings (SSSR count). The van der Waals surface area contributed by atoms with Crippen LogP contribution >= 0.6 is 0 Å². The third kappa shape index (κ3) is 2.28. The molecule has 13 heavy (non-hydrogen) atoms. The second kappa shape index (κ2) is 3.88. The van der Waals surface area contributed by atoms with E-state index in [1.165, 1.54) is 5.56 Å². The molecule has 1 aromatic rings. The van der Waals surface area contributed by atoms with Crippen LogP contribution < -0.4 is 5.73 Å². The topological polar surface area (TPSA) is 38.9 Å². The van der Waals surface area contributed by atoms with Crippen molar-refractivity contribution in [3.8, 4) is 0 Å². The van der Waals surface area contributed by atoms with E-state index in [1.54, 1.807) is 0 Å². The Morgan fingerprint density at radius 3 is 2.69 bits per heavy atom. The summed E-state index contributed by atoms with van der Waals surface area (Å²) in [5.41, 5.74) is 8.15. The molecule has 0 aromatic carbocycles. The van der Waals surface area contributed by atoms with E-state index in [0.717, 1.165) is 18.7 Å². The van der Waals surface area contributed by atoms with Crippen molar-refractivity contribution in [3.63, 3.8) is 0 Å². The summed E-state index contributed by atoms with van der Waals surface area (Å²) in [5, 5.41) is 0. The summed E-state index contributed by atoms with van der Waals surface area (Å²) in [6.07, 6.45) is 2.83. The summed E-state index contributed by atoms with van der Waals surface area (Å²) in [5.74, 6) is 0.